The smallest absolute Gasteiger partial charge is 0.267 e. The van der Waals surface area contributed by atoms with Crippen molar-refractivity contribution in [3.05, 3.63) is 45.9 Å². The molecule has 4 rings (SSSR count). The van der Waals surface area contributed by atoms with Crippen molar-refractivity contribution in [2.75, 3.05) is 12.4 Å². The molecule has 0 spiro atoms. The van der Waals surface area contributed by atoms with Gasteiger partial charge in [0.25, 0.3) is 5.56 Å². The molecule has 1 amide bonds. The van der Waals surface area contributed by atoms with E-state index in [9.17, 15) is 9.59 Å². The van der Waals surface area contributed by atoms with E-state index in [1.807, 2.05) is 18.2 Å². The highest BCUT2D eigenvalue weighted by Gasteiger charge is 2.15. The van der Waals surface area contributed by atoms with Crippen LogP contribution in [-0.4, -0.2) is 27.8 Å². The normalized spacial score (nSPS) is 13.8. The molecule has 3 aromatic rings. The zero-order valence-electron chi connectivity index (χ0n) is 15.0. The van der Waals surface area contributed by atoms with Crippen molar-refractivity contribution >= 4 is 32.6 Å². The standard InChI is InChI=1S/C19H20N4O3S/c1-26-13-7-8-15-16(10-13)27-19(20-15)21-17(24)11-23-18(25)9-12-5-3-2-4-6-14(12)22-23/h7-10H,2-6,11H2,1H3,(H,20,21,24). The summed E-state index contributed by atoms with van der Waals surface area (Å²) in [5.74, 6) is 0.425. The quantitative estimate of drug-likeness (QED) is 0.699. The minimum atomic E-state index is -0.316. The Kier molecular flexibility index (Phi) is 4.89. The van der Waals surface area contributed by atoms with Crippen LogP contribution in [0.15, 0.2) is 29.1 Å². The van der Waals surface area contributed by atoms with Crippen molar-refractivity contribution in [3.8, 4) is 5.75 Å². The number of amides is 1. The minimum Gasteiger partial charge on any atom is -0.497 e. The topological polar surface area (TPSA) is 86.1 Å². The molecule has 1 aliphatic rings. The first-order valence-corrected chi connectivity index (χ1v) is 9.78. The van der Waals surface area contributed by atoms with E-state index in [4.69, 9.17) is 4.74 Å². The van der Waals surface area contributed by atoms with Gasteiger partial charge in [-0.15, -0.1) is 0 Å². The SMILES string of the molecule is COc1ccc2nc(NC(=O)Cn3nc4c(cc3=O)CCCCC4)sc2c1. The molecule has 1 aromatic carbocycles. The Morgan fingerprint density at radius 2 is 2.11 bits per heavy atom. The summed E-state index contributed by atoms with van der Waals surface area (Å²) in [6, 6.07) is 7.18. The summed E-state index contributed by atoms with van der Waals surface area (Å²) in [6.45, 7) is -0.120. The Bertz CT molecular complexity index is 1060. The van der Waals surface area contributed by atoms with Gasteiger partial charge in [0.15, 0.2) is 5.13 Å². The highest BCUT2D eigenvalue weighted by molar-refractivity contribution is 7.22. The van der Waals surface area contributed by atoms with Crippen LogP contribution in [0, 0.1) is 0 Å². The lowest BCUT2D eigenvalue weighted by atomic mass is 10.1. The van der Waals surface area contributed by atoms with Gasteiger partial charge >= 0.3 is 0 Å². The largest absolute Gasteiger partial charge is 0.497 e. The minimum absolute atomic E-state index is 0.120. The van der Waals surface area contributed by atoms with Gasteiger partial charge in [0, 0.05) is 6.07 Å². The predicted octanol–water partition coefficient (Wildman–Crippen LogP) is 2.77. The van der Waals surface area contributed by atoms with E-state index >= 15 is 0 Å². The van der Waals surface area contributed by atoms with Crippen LogP contribution in [0.5, 0.6) is 5.75 Å². The maximum Gasteiger partial charge on any atom is 0.267 e. The Morgan fingerprint density at radius 3 is 2.96 bits per heavy atom. The van der Waals surface area contributed by atoms with Crippen LogP contribution < -0.4 is 15.6 Å². The van der Waals surface area contributed by atoms with E-state index in [0.29, 0.717) is 5.13 Å². The third kappa shape index (κ3) is 3.85. The number of hydrogen-bond acceptors (Lipinski definition) is 6. The molecule has 2 heterocycles. The van der Waals surface area contributed by atoms with E-state index in [1.165, 1.54) is 16.0 Å². The average Bonchev–Trinajstić information content (AvgIpc) is 2.91. The Morgan fingerprint density at radius 1 is 1.26 bits per heavy atom. The Balaban J connectivity index is 1.51. The second kappa shape index (κ2) is 7.48. The molecule has 1 aliphatic carbocycles. The fourth-order valence-electron chi connectivity index (χ4n) is 3.27. The van der Waals surface area contributed by atoms with Crippen LogP contribution in [0.2, 0.25) is 0 Å². The van der Waals surface area contributed by atoms with E-state index in [0.717, 1.165) is 59.3 Å². The van der Waals surface area contributed by atoms with Gasteiger partial charge in [-0.25, -0.2) is 9.67 Å². The van der Waals surface area contributed by atoms with Gasteiger partial charge < -0.3 is 10.1 Å². The molecule has 0 saturated heterocycles. The number of thiazole rings is 1. The van der Waals surface area contributed by atoms with Gasteiger partial charge in [0.1, 0.15) is 12.3 Å². The number of nitrogens with zero attached hydrogens (tertiary/aromatic N) is 3. The maximum atomic E-state index is 12.4. The summed E-state index contributed by atoms with van der Waals surface area (Å²) in [5.41, 5.74) is 2.51. The van der Waals surface area contributed by atoms with Crippen molar-refractivity contribution in [3.63, 3.8) is 0 Å². The first-order valence-electron chi connectivity index (χ1n) is 8.97. The van der Waals surface area contributed by atoms with Gasteiger partial charge in [0.05, 0.1) is 23.0 Å². The molecule has 0 aliphatic heterocycles. The second-order valence-corrected chi connectivity index (χ2v) is 7.60. The summed E-state index contributed by atoms with van der Waals surface area (Å²) >= 11 is 1.36. The number of carbonyl (C=O) groups excluding carboxylic acids is 1. The van der Waals surface area contributed by atoms with Crippen molar-refractivity contribution in [2.24, 2.45) is 0 Å². The van der Waals surface area contributed by atoms with Gasteiger partial charge in [-0.3, -0.25) is 9.59 Å². The number of aromatic nitrogens is 3. The molecule has 0 bridgehead atoms. The number of hydrogen-bond donors (Lipinski definition) is 1. The number of aryl methyl sites for hydroxylation is 2. The van der Waals surface area contributed by atoms with Gasteiger partial charge in [0.2, 0.25) is 5.91 Å². The molecule has 8 heteroatoms. The van der Waals surface area contributed by atoms with Gasteiger partial charge in [-0.05, 0) is 49.4 Å². The molecule has 0 unspecified atom stereocenters. The Hall–Kier alpha value is -2.74. The lowest BCUT2D eigenvalue weighted by Crippen LogP contribution is -2.30. The Labute approximate surface area is 160 Å². The van der Waals surface area contributed by atoms with Crippen molar-refractivity contribution in [2.45, 2.75) is 38.6 Å². The molecule has 27 heavy (non-hydrogen) atoms. The zero-order chi connectivity index (χ0) is 18.8. The summed E-state index contributed by atoms with van der Waals surface area (Å²) < 4.78 is 7.37. The van der Waals surface area contributed by atoms with Crippen LogP contribution in [0.3, 0.4) is 0 Å². The number of methoxy groups -OCH3 is 1. The lowest BCUT2D eigenvalue weighted by molar-refractivity contribution is -0.117. The molecule has 1 N–H and O–H groups in total. The first kappa shape index (κ1) is 17.7. The summed E-state index contributed by atoms with van der Waals surface area (Å²) in [4.78, 5) is 29.1. The summed E-state index contributed by atoms with van der Waals surface area (Å²) in [5, 5.41) is 7.69. The molecule has 0 radical (unpaired) electrons. The van der Waals surface area contributed by atoms with Crippen molar-refractivity contribution in [1.29, 1.82) is 0 Å². The van der Waals surface area contributed by atoms with E-state index in [2.05, 4.69) is 15.4 Å². The second-order valence-electron chi connectivity index (χ2n) is 6.57. The van der Waals surface area contributed by atoms with Crippen LogP contribution >= 0.6 is 11.3 Å². The van der Waals surface area contributed by atoms with E-state index < -0.39 is 0 Å². The van der Waals surface area contributed by atoms with E-state index in [1.54, 1.807) is 13.2 Å². The molecule has 7 nitrogen and oxygen atoms in total. The van der Waals surface area contributed by atoms with Crippen LogP contribution in [0.4, 0.5) is 5.13 Å². The molecule has 0 saturated carbocycles. The number of carbonyl (C=O) groups is 1. The van der Waals surface area contributed by atoms with Crippen LogP contribution in [0.1, 0.15) is 30.5 Å². The highest BCUT2D eigenvalue weighted by atomic mass is 32.1. The highest BCUT2D eigenvalue weighted by Crippen LogP contribution is 2.29. The molecule has 2 aromatic heterocycles. The monoisotopic (exact) mass is 384 g/mol. The molecular weight excluding hydrogens is 364 g/mol. The molecule has 0 fully saturated rings. The number of nitrogens with one attached hydrogen (secondary N) is 1. The molecule has 0 atom stereocenters. The number of anilines is 1. The summed E-state index contributed by atoms with van der Waals surface area (Å²) in [7, 11) is 1.61. The first-order chi connectivity index (χ1) is 13.1. The van der Waals surface area contributed by atoms with Crippen molar-refractivity contribution < 1.29 is 9.53 Å². The molecule has 140 valence electrons. The maximum absolute atomic E-state index is 12.4. The third-order valence-corrected chi connectivity index (χ3v) is 5.59. The fraction of sp³-hybridized carbons (Fsp3) is 0.368. The van der Waals surface area contributed by atoms with Crippen molar-refractivity contribution in [1.82, 2.24) is 14.8 Å². The number of rotatable bonds is 4. The van der Waals surface area contributed by atoms with Crippen LogP contribution in [-0.2, 0) is 24.2 Å². The number of ether oxygens (including phenoxy) is 1. The predicted molar refractivity (Wildman–Crippen MR) is 105 cm³/mol. The summed E-state index contributed by atoms with van der Waals surface area (Å²) in [6.07, 6.45) is 5.05. The van der Waals surface area contributed by atoms with Crippen LogP contribution in [0.25, 0.3) is 10.2 Å². The zero-order valence-corrected chi connectivity index (χ0v) is 15.8. The lowest BCUT2D eigenvalue weighted by Gasteiger charge is -2.09. The number of fused-ring (bicyclic) bond motifs is 2. The average molecular weight is 384 g/mol. The van der Waals surface area contributed by atoms with E-state index in [-0.39, 0.29) is 18.0 Å². The fourth-order valence-corrected chi connectivity index (χ4v) is 4.18. The van der Waals surface area contributed by atoms with Gasteiger partial charge in [-0.2, -0.15) is 5.10 Å². The third-order valence-electron chi connectivity index (χ3n) is 4.66. The number of benzene rings is 1. The van der Waals surface area contributed by atoms with Gasteiger partial charge in [-0.1, -0.05) is 17.8 Å². The molecular formula is C19H20N4O3S.